The van der Waals surface area contributed by atoms with E-state index in [1.54, 1.807) is 0 Å². The SMILES string of the molecule is CC(=O)/C(Cl)=C(/C)O.CC(=O)/C(Cl)=C(/C)O.CC(=O)/C(Cl)=C(/C)O.[Co]. The van der Waals surface area contributed by atoms with Crippen molar-refractivity contribution < 1.29 is 46.5 Å². The molecule has 0 atom stereocenters. The number of Topliss-reactive ketones (excluding diaryl/α,β-unsaturated/α-hetero) is 3. The van der Waals surface area contributed by atoms with Crippen molar-refractivity contribution in [1.82, 2.24) is 0 Å². The largest absolute Gasteiger partial charge is 0.511 e. The number of aliphatic hydroxyl groups is 3. The zero-order valence-corrected chi connectivity index (χ0v) is 17.8. The van der Waals surface area contributed by atoms with Crippen molar-refractivity contribution in [2.45, 2.75) is 41.5 Å². The van der Waals surface area contributed by atoms with E-state index >= 15 is 0 Å². The summed E-state index contributed by atoms with van der Waals surface area (Å²) in [5, 5.41) is 25.3. The Labute approximate surface area is 172 Å². The van der Waals surface area contributed by atoms with Gasteiger partial charge < -0.3 is 15.3 Å². The Balaban J connectivity index is -0.000000130. The van der Waals surface area contributed by atoms with E-state index in [1.807, 2.05) is 0 Å². The van der Waals surface area contributed by atoms with Gasteiger partial charge in [-0.1, -0.05) is 34.8 Å². The van der Waals surface area contributed by atoms with E-state index in [9.17, 15) is 14.4 Å². The fourth-order valence-electron chi connectivity index (χ4n) is 0.764. The molecule has 0 amide bonds. The zero-order valence-electron chi connectivity index (χ0n) is 14.5. The molecular formula is C15H21Cl3CoO6. The molecule has 0 rings (SSSR count). The van der Waals surface area contributed by atoms with Crippen LogP contribution in [0.4, 0.5) is 0 Å². The summed E-state index contributed by atoms with van der Waals surface area (Å²) in [5.74, 6) is -1.32. The second kappa shape index (κ2) is 16.5. The van der Waals surface area contributed by atoms with Gasteiger partial charge in [-0.05, 0) is 20.8 Å². The third-order valence-electron chi connectivity index (χ3n) is 1.88. The number of aliphatic hydroxyl groups excluding tert-OH is 3. The predicted molar refractivity (Wildman–Crippen MR) is 95.6 cm³/mol. The Morgan fingerprint density at radius 1 is 0.520 bits per heavy atom. The van der Waals surface area contributed by atoms with E-state index in [0.29, 0.717) is 0 Å². The molecule has 0 heterocycles. The molecule has 0 saturated heterocycles. The van der Waals surface area contributed by atoms with Crippen LogP contribution in [0.2, 0.25) is 0 Å². The van der Waals surface area contributed by atoms with Crippen LogP contribution in [0.3, 0.4) is 0 Å². The van der Waals surface area contributed by atoms with Gasteiger partial charge in [0.2, 0.25) is 0 Å². The minimum atomic E-state index is -0.313. The third-order valence-corrected chi connectivity index (χ3v) is 3.50. The molecule has 0 aliphatic rings. The van der Waals surface area contributed by atoms with Crippen molar-refractivity contribution in [2.75, 3.05) is 0 Å². The first-order valence-corrected chi connectivity index (χ1v) is 7.48. The number of allylic oxidation sites excluding steroid dienone is 6. The normalized spacial score (nSPS) is 12.4. The maximum atomic E-state index is 10.2. The fraction of sp³-hybridized carbons (Fsp3) is 0.400. The topological polar surface area (TPSA) is 112 Å². The van der Waals surface area contributed by atoms with Crippen LogP contribution in [-0.2, 0) is 31.2 Å². The Hall–Kier alpha value is -0.994. The van der Waals surface area contributed by atoms with E-state index in [4.69, 9.17) is 50.1 Å². The van der Waals surface area contributed by atoms with Crippen molar-refractivity contribution in [3.63, 3.8) is 0 Å². The van der Waals surface area contributed by atoms with Crippen molar-refractivity contribution in [1.29, 1.82) is 0 Å². The summed E-state index contributed by atoms with van der Waals surface area (Å²) in [6.07, 6.45) is 0. The number of hydrogen-bond acceptors (Lipinski definition) is 6. The molecule has 0 bridgehead atoms. The molecule has 0 fully saturated rings. The summed E-state index contributed by atoms with van der Waals surface area (Å²) >= 11 is 15.7. The van der Waals surface area contributed by atoms with Crippen molar-refractivity contribution in [2.24, 2.45) is 0 Å². The molecule has 0 spiro atoms. The van der Waals surface area contributed by atoms with Gasteiger partial charge in [0.25, 0.3) is 0 Å². The maximum absolute atomic E-state index is 10.2. The van der Waals surface area contributed by atoms with E-state index in [0.717, 1.165) is 0 Å². The summed E-state index contributed by atoms with van der Waals surface area (Å²) in [5.41, 5.74) is 0. The quantitative estimate of drug-likeness (QED) is 0.410. The number of ketones is 3. The van der Waals surface area contributed by atoms with Crippen molar-refractivity contribution in [3.05, 3.63) is 32.4 Å². The van der Waals surface area contributed by atoms with Crippen LogP contribution in [0.25, 0.3) is 0 Å². The number of rotatable bonds is 3. The zero-order chi connectivity index (χ0) is 20.2. The molecule has 10 heteroatoms. The Morgan fingerprint density at radius 3 is 0.640 bits per heavy atom. The summed E-state index contributed by atoms with van der Waals surface area (Å²) in [4.78, 5) is 30.7. The molecule has 0 aliphatic carbocycles. The molecule has 0 aromatic rings. The summed E-state index contributed by atoms with van der Waals surface area (Å²) < 4.78 is 0. The van der Waals surface area contributed by atoms with Gasteiger partial charge in [-0.2, -0.15) is 0 Å². The van der Waals surface area contributed by atoms with Gasteiger partial charge in [0.15, 0.2) is 17.3 Å². The summed E-state index contributed by atoms with van der Waals surface area (Å²) in [7, 11) is 0. The van der Waals surface area contributed by atoms with E-state index in [-0.39, 0.29) is 66.5 Å². The van der Waals surface area contributed by atoms with Crippen LogP contribution in [0.15, 0.2) is 32.4 Å². The van der Waals surface area contributed by atoms with Gasteiger partial charge >= 0.3 is 0 Å². The first-order chi connectivity index (χ1) is 10.7. The van der Waals surface area contributed by atoms with Crippen LogP contribution in [-0.4, -0.2) is 32.7 Å². The third kappa shape index (κ3) is 19.2. The minimum Gasteiger partial charge on any atom is -0.511 e. The summed E-state index contributed by atoms with van der Waals surface area (Å²) in [6.45, 7) is 7.98. The molecular weight excluding hydrogens is 441 g/mol. The van der Waals surface area contributed by atoms with Gasteiger partial charge in [-0.25, -0.2) is 0 Å². The van der Waals surface area contributed by atoms with Crippen LogP contribution in [0.5, 0.6) is 0 Å². The molecule has 0 aromatic heterocycles. The van der Waals surface area contributed by atoms with Crippen LogP contribution < -0.4 is 0 Å². The first-order valence-electron chi connectivity index (χ1n) is 6.35. The molecule has 25 heavy (non-hydrogen) atoms. The molecule has 1 radical (unpaired) electrons. The molecule has 0 aromatic carbocycles. The average molecular weight is 463 g/mol. The standard InChI is InChI=1S/3C5H7ClO2.Co/c3*1-3(7)5(6)4(2)8;/h3*7H,1-2H3;/b3*5-3+;. The van der Waals surface area contributed by atoms with Crippen LogP contribution in [0, 0.1) is 0 Å². The Kier molecular flexibility index (Phi) is 20.9. The number of halogens is 3. The van der Waals surface area contributed by atoms with Crippen molar-refractivity contribution >= 4 is 52.2 Å². The Morgan fingerprint density at radius 2 is 0.640 bits per heavy atom. The van der Waals surface area contributed by atoms with E-state index in [2.05, 4.69) is 0 Å². The Bertz CT molecular complexity index is 487. The van der Waals surface area contributed by atoms with Gasteiger partial charge in [0.1, 0.15) is 32.4 Å². The minimum absolute atomic E-state index is 0. The van der Waals surface area contributed by atoms with Crippen LogP contribution >= 0.6 is 34.8 Å². The second-order valence-electron chi connectivity index (χ2n) is 4.37. The first kappa shape index (κ1) is 31.7. The van der Waals surface area contributed by atoms with E-state index in [1.165, 1.54) is 41.5 Å². The average Bonchev–Trinajstić information content (AvgIpc) is 2.45. The molecule has 0 saturated carbocycles. The second-order valence-corrected chi connectivity index (χ2v) is 5.50. The summed E-state index contributed by atoms with van der Waals surface area (Å²) in [6, 6.07) is 0. The smallest absolute Gasteiger partial charge is 0.174 e. The van der Waals surface area contributed by atoms with Gasteiger partial charge in [0, 0.05) is 37.6 Å². The maximum Gasteiger partial charge on any atom is 0.174 e. The van der Waals surface area contributed by atoms with E-state index < -0.39 is 0 Å². The number of carbonyl (C=O) groups is 3. The molecule has 3 N–H and O–H groups in total. The van der Waals surface area contributed by atoms with Crippen LogP contribution in [0.1, 0.15) is 41.5 Å². The monoisotopic (exact) mass is 461 g/mol. The molecule has 0 aliphatic heterocycles. The molecule has 0 unspecified atom stereocenters. The molecule has 147 valence electrons. The fourth-order valence-corrected chi connectivity index (χ4v) is 0.764. The van der Waals surface area contributed by atoms with Crippen molar-refractivity contribution in [3.8, 4) is 0 Å². The van der Waals surface area contributed by atoms with Gasteiger partial charge in [-0.15, -0.1) is 0 Å². The molecule has 6 nitrogen and oxygen atoms in total. The van der Waals surface area contributed by atoms with Gasteiger partial charge in [-0.3, -0.25) is 14.4 Å². The van der Waals surface area contributed by atoms with Gasteiger partial charge in [0.05, 0.1) is 0 Å². The number of carbonyl (C=O) groups excluding carboxylic acids is 3. The number of hydrogen-bond donors (Lipinski definition) is 3. The predicted octanol–water partition coefficient (Wildman–Crippen LogP) is 4.81.